The number of hydrogen-bond acceptors (Lipinski definition) is 7. The minimum atomic E-state index is -1.04. The molecule has 0 aliphatic heterocycles. The molecular weight excluding hydrogens is 434 g/mol. The lowest BCUT2D eigenvalue weighted by Gasteiger charge is -2.11. The highest BCUT2D eigenvalue weighted by Gasteiger charge is 2.17. The smallest absolute Gasteiger partial charge is 0.332 e. The number of ether oxygens (including phenoxy) is 1. The predicted octanol–water partition coefficient (Wildman–Crippen LogP) is 1.61. The van der Waals surface area contributed by atoms with E-state index in [1.165, 1.54) is 13.1 Å². The summed E-state index contributed by atoms with van der Waals surface area (Å²) in [5, 5.41) is 8.13. The van der Waals surface area contributed by atoms with Crippen molar-refractivity contribution in [3.63, 3.8) is 0 Å². The molecule has 11 heteroatoms. The van der Waals surface area contributed by atoms with Crippen LogP contribution in [0.25, 0.3) is 22.6 Å². The number of nitrogens with zero attached hydrogens (tertiary/aromatic N) is 5. The number of aromatic nitrogens is 5. The van der Waals surface area contributed by atoms with Gasteiger partial charge in [-0.25, -0.2) is 18.6 Å². The van der Waals surface area contributed by atoms with Crippen LogP contribution in [-0.2, 0) is 13.6 Å². The molecule has 0 unspecified atom stereocenters. The quantitative estimate of drug-likeness (QED) is 0.422. The summed E-state index contributed by atoms with van der Waals surface area (Å²) >= 11 is 0. The van der Waals surface area contributed by atoms with Gasteiger partial charge in [0.25, 0.3) is 5.56 Å². The van der Waals surface area contributed by atoms with E-state index in [0.717, 1.165) is 27.7 Å². The van der Waals surface area contributed by atoms with Crippen molar-refractivity contribution in [1.29, 1.82) is 0 Å². The zero-order valence-electron chi connectivity index (χ0n) is 17.7. The molecule has 2 N–H and O–H groups in total. The lowest BCUT2D eigenvalue weighted by Crippen LogP contribution is -2.39. The van der Waals surface area contributed by atoms with E-state index in [1.807, 2.05) is 0 Å². The van der Waals surface area contributed by atoms with E-state index in [1.54, 1.807) is 24.3 Å². The summed E-state index contributed by atoms with van der Waals surface area (Å²) in [5.41, 5.74) is 4.90. The fraction of sp³-hybridized carbons (Fsp3) is 0.227. The summed E-state index contributed by atoms with van der Waals surface area (Å²) in [4.78, 5) is 29.7. The summed E-state index contributed by atoms with van der Waals surface area (Å²) in [6, 6.07) is 10.2. The van der Waals surface area contributed by atoms with Crippen LogP contribution >= 0.6 is 0 Å². The van der Waals surface area contributed by atoms with Gasteiger partial charge in [0.05, 0.1) is 13.2 Å². The number of rotatable bonds is 7. The first-order chi connectivity index (χ1) is 15.9. The van der Waals surface area contributed by atoms with Gasteiger partial charge in [-0.15, -0.1) is 10.2 Å². The highest BCUT2D eigenvalue weighted by molar-refractivity contribution is 5.71. The van der Waals surface area contributed by atoms with Crippen LogP contribution in [0, 0.1) is 11.6 Å². The van der Waals surface area contributed by atoms with Gasteiger partial charge in [0.2, 0.25) is 0 Å². The molecule has 4 aromatic rings. The van der Waals surface area contributed by atoms with E-state index in [4.69, 9.17) is 10.5 Å². The van der Waals surface area contributed by atoms with Crippen LogP contribution in [0.1, 0.15) is 12.0 Å². The first-order valence-electron chi connectivity index (χ1n) is 10.1. The molecule has 0 spiro atoms. The Kier molecular flexibility index (Phi) is 6.22. The highest BCUT2D eigenvalue weighted by atomic mass is 19.2. The lowest BCUT2D eigenvalue weighted by molar-refractivity contribution is 0.313. The van der Waals surface area contributed by atoms with Crippen LogP contribution in [0.5, 0.6) is 5.75 Å². The van der Waals surface area contributed by atoms with Crippen molar-refractivity contribution in [3.8, 4) is 17.1 Å². The Hall–Kier alpha value is -3.99. The van der Waals surface area contributed by atoms with Crippen molar-refractivity contribution in [2.24, 2.45) is 12.8 Å². The SMILES string of the molecule is Cn1c(=O)c2nc(-c3ccc(OCCCN)cc3)nnc2n(Cc2ccc(F)c(F)c2)c1=O. The van der Waals surface area contributed by atoms with Gasteiger partial charge < -0.3 is 10.5 Å². The van der Waals surface area contributed by atoms with Gasteiger partial charge in [0.15, 0.2) is 28.6 Å². The van der Waals surface area contributed by atoms with Crippen molar-refractivity contribution < 1.29 is 13.5 Å². The molecular formula is C22H20F2N6O3. The maximum Gasteiger partial charge on any atom is 0.332 e. The molecule has 0 aliphatic rings. The van der Waals surface area contributed by atoms with E-state index in [9.17, 15) is 18.4 Å². The molecule has 2 heterocycles. The molecule has 2 aromatic carbocycles. The van der Waals surface area contributed by atoms with E-state index in [2.05, 4.69) is 15.2 Å². The number of benzene rings is 2. The fourth-order valence-corrected chi connectivity index (χ4v) is 3.22. The average molecular weight is 454 g/mol. The zero-order valence-corrected chi connectivity index (χ0v) is 17.7. The molecule has 0 radical (unpaired) electrons. The molecule has 4 rings (SSSR count). The van der Waals surface area contributed by atoms with Gasteiger partial charge in [0, 0.05) is 12.6 Å². The number of nitrogens with two attached hydrogens (primary N) is 1. The van der Waals surface area contributed by atoms with Crippen molar-refractivity contribution in [3.05, 3.63) is 80.5 Å². The topological polar surface area (TPSA) is 118 Å². The van der Waals surface area contributed by atoms with Crippen LogP contribution in [-0.4, -0.2) is 37.5 Å². The number of fused-ring (bicyclic) bond motifs is 1. The molecule has 2 aromatic heterocycles. The predicted molar refractivity (Wildman–Crippen MR) is 117 cm³/mol. The monoisotopic (exact) mass is 454 g/mol. The van der Waals surface area contributed by atoms with E-state index in [-0.39, 0.29) is 23.5 Å². The second-order valence-corrected chi connectivity index (χ2v) is 7.30. The van der Waals surface area contributed by atoms with Crippen LogP contribution < -0.4 is 21.7 Å². The number of halogens is 2. The minimum Gasteiger partial charge on any atom is -0.494 e. The van der Waals surface area contributed by atoms with Crippen LogP contribution in [0.3, 0.4) is 0 Å². The Morgan fingerprint density at radius 3 is 2.48 bits per heavy atom. The molecule has 0 fully saturated rings. The van der Waals surface area contributed by atoms with Gasteiger partial charge in [-0.1, -0.05) is 6.07 Å². The summed E-state index contributed by atoms with van der Waals surface area (Å²) in [5.74, 6) is -1.21. The van der Waals surface area contributed by atoms with Crippen LogP contribution in [0.2, 0.25) is 0 Å². The Bertz CT molecular complexity index is 1430. The largest absolute Gasteiger partial charge is 0.494 e. The summed E-state index contributed by atoms with van der Waals surface area (Å²) in [6.45, 7) is 0.880. The zero-order chi connectivity index (χ0) is 23.5. The van der Waals surface area contributed by atoms with Gasteiger partial charge in [-0.05, 0) is 54.9 Å². The van der Waals surface area contributed by atoms with E-state index >= 15 is 0 Å². The van der Waals surface area contributed by atoms with Crippen LogP contribution in [0.15, 0.2) is 52.1 Å². The average Bonchev–Trinajstić information content (AvgIpc) is 2.83. The first-order valence-corrected chi connectivity index (χ1v) is 10.1. The van der Waals surface area contributed by atoms with Gasteiger partial charge in [-0.2, -0.15) is 0 Å². The third-order valence-electron chi connectivity index (χ3n) is 5.00. The third kappa shape index (κ3) is 4.48. The van der Waals surface area contributed by atoms with Crippen molar-refractivity contribution in [2.75, 3.05) is 13.2 Å². The lowest BCUT2D eigenvalue weighted by atomic mass is 10.2. The second kappa shape index (κ2) is 9.25. The molecule has 9 nitrogen and oxygen atoms in total. The molecule has 170 valence electrons. The molecule has 0 bridgehead atoms. The molecule has 0 atom stereocenters. The Morgan fingerprint density at radius 2 is 1.79 bits per heavy atom. The Morgan fingerprint density at radius 1 is 1.03 bits per heavy atom. The van der Waals surface area contributed by atoms with Gasteiger partial charge in [-0.3, -0.25) is 13.9 Å². The molecule has 0 saturated heterocycles. The molecule has 0 aliphatic carbocycles. The van der Waals surface area contributed by atoms with E-state index in [0.29, 0.717) is 30.0 Å². The van der Waals surface area contributed by atoms with Gasteiger partial charge >= 0.3 is 5.69 Å². The molecule has 33 heavy (non-hydrogen) atoms. The fourth-order valence-electron chi connectivity index (χ4n) is 3.22. The summed E-state index contributed by atoms with van der Waals surface area (Å²) in [6.07, 6.45) is 0.731. The van der Waals surface area contributed by atoms with Crippen molar-refractivity contribution in [2.45, 2.75) is 13.0 Å². The maximum atomic E-state index is 13.6. The Balaban J connectivity index is 1.74. The van der Waals surface area contributed by atoms with Gasteiger partial charge in [0.1, 0.15) is 5.75 Å². The summed E-state index contributed by atoms with van der Waals surface area (Å²) < 4.78 is 34.5. The van der Waals surface area contributed by atoms with Crippen LogP contribution in [0.4, 0.5) is 8.78 Å². The number of hydrogen-bond donors (Lipinski definition) is 1. The second-order valence-electron chi connectivity index (χ2n) is 7.30. The van der Waals surface area contributed by atoms with Crippen molar-refractivity contribution in [1.82, 2.24) is 24.3 Å². The third-order valence-corrected chi connectivity index (χ3v) is 5.00. The standard InChI is InChI=1S/C22H20F2N6O3/c1-29-21(31)18-20(30(22(29)32)12-13-3-8-16(23)17(24)11-13)28-27-19(26-18)14-4-6-15(7-5-14)33-10-2-9-25/h3-8,11H,2,9-10,12,25H2,1H3. The Labute approximate surface area is 186 Å². The normalized spacial score (nSPS) is 11.2. The summed E-state index contributed by atoms with van der Waals surface area (Å²) in [7, 11) is 1.31. The highest BCUT2D eigenvalue weighted by Crippen LogP contribution is 2.20. The van der Waals surface area contributed by atoms with E-state index < -0.39 is 22.9 Å². The van der Waals surface area contributed by atoms with Crippen molar-refractivity contribution >= 4 is 11.2 Å². The molecule has 0 amide bonds. The molecule has 0 saturated carbocycles. The maximum absolute atomic E-state index is 13.6. The minimum absolute atomic E-state index is 0.0571. The first kappa shape index (κ1) is 22.2.